The standard InChI is InChI=1S/C12H17ClN4O2/c1-7(2)11(14)12(19)16-6-10(18)17-9-4-3-8(13)5-15-9/h3-5,7,11H,6,14H2,1-2H3,(H,16,19)(H,15,17,18)/t11-/m0/s1. The van der Waals surface area contributed by atoms with E-state index in [0.717, 1.165) is 0 Å². The van der Waals surface area contributed by atoms with Gasteiger partial charge in [-0.25, -0.2) is 4.98 Å². The summed E-state index contributed by atoms with van der Waals surface area (Å²) in [6.07, 6.45) is 1.42. The van der Waals surface area contributed by atoms with Crippen LogP contribution in [0.5, 0.6) is 0 Å². The maximum absolute atomic E-state index is 11.6. The van der Waals surface area contributed by atoms with Crippen LogP contribution in [0, 0.1) is 5.92 Å². The lowest BCUT2D eigenvalue weighted by atomic mass is 10.1. The molecule has 0 aliphatic heterocycles. The molecule has 0 bridgehead atoms. The number of nitrogens with zero attached hydrogens (tertiary/aromatic N) is 1. The van der Waals surface area contributed by atoms with Crippen LogP contribution >= 0.6 is 11.6 Å². The van der Waals surface area contributed by atoms with Gasteiger partial charge in [-0.15, -0.1) is 0 Å². The van der Waals surface area contributed by atoms with Crippen molar-refractivity contribution < 1.29 is 9.59 Å². The molecule has 0 fully saturated rings. The quantitative estimate of drug-likeness (QED) is 0.744. The molecule has 0 aliphatic carbocycles. The topological polar surface area (TPSA) is 97.1 Å². The first-order valence-corrected chi connectivity index (χ1v) is 6.22. The van der Waals surface area contributed by atoms with Gasteiger partial charge in [0.05, 0.1) is 17.6 Å². The number of hydrogen-bond donors (Lipinski definition) is 3. The molecule has 0 radical (unpaired) electrons. The molecule has 1 aromatic heterocycles. The van der Waals surface area contributed by atoms with Crippen molar-refractivity contribution in [3.8, 4) is 0 Å². The first kappa shape index (κ1) is 15.4. The zero-order valence-electron chi connectivity index (χ0n) is 10.8. The molecule has 1 atom stereocenters. The molecule has 0 spiro atoms. The SMILES string of the molecule is CC(C)[C@H](N)C(=O)NCC(=O)Nc1ccc(Cl)cn1. The van der Waals surface area contributed by atoms with Gasteiger partial charge in [0.2, 0.25) is 11.8 Å². The molecule has 0 saturated heterocycles. The predicted octanol–water partition coefficient (Wildman–Crippen LogP) is 0.773. The Kier molecular flexibility index (Phi) is 5.72. The largest absolute Gasteiger partial charge is 0.346 e. The summed E-state index contributed by atoms with van der Waals surface area (Å²) in [6, 6.07) is 2.56. The Morgan fingerprint density at radius 2 is 2.11 bits per heavy atom. The number of carbonyl (C=O) groups is 2. The minimum atomic E-state index is -0.624. The first-order valence-electron chi connectivity index (χ1n) is 5.85. The number of pyridine rings is 1. The van der Waals surface area contributed by atoms with Crippen LogP contribution in [0.3, 0.4) is 0 Å². The third-order valence-electron chi connectivity index (χ3n) is 2.44. The Bertz CT molecular complexity index is 448. The smallest absolute Gasteiger partial charge is 0.244 e. The fraction of sp³-hybridized carbons (Fsp3) is 0.417. The summed E-state index contributed by atoms with van der Waals surface area (Å²) in [4.78, 5) is 27.0. The molecule has 19 heavy (non-hydrogen) atoms. The Hall–Kier alpha value is -1.66. The van der Waals surface area contributed by atoms with Crippen LogP contribution in [-0.2, 0) is 9.59 Å². The van der Waals surface area contributed by atoms with Gasteiger partial charge >= 0.3 is 0 Å². The normalized spacial score (nSPS) is 12.1. The van der Waals surface area contributed by atoms with Crippen LogP contribution in [0.15, 0.2) is 18.3 Å². The Balaban J connectivity index is 2.40. The van der Waals surface area contributed by atoms with E-state index in [1.54, 1.807) is 12.1 Å². The summed E-state index contributed by atoms with van der Waals surface area (Å²) in [6.45, 7) is 3.52. The van der Waals surface area contributed by atoms with Gasteiger partial charge in [-0.1, -0.05) is 25.4 Å². The van der Waals surface area contributed by atoms with E-state index >= 15 is 0 Å². The van der Waals surface area contributed by atoms with Gasteiger partial charge in [0, 0.05) is 6.20 Å². The maximum atomic E-state index is 11.6. The van der Waals surface area contributed by atoms with Crippen molar-refractivity contribution in [1.82, 2.24) is 10.3 Å². The molecule has 7 heteroatoms. The van der Waals surface area contributed by atoms with E-state index in [1.165, 1.54) is 6.20 Å². The van der Waals surface area contributed by atoms with Crippen LogP contribution in [0.2, 0.25) is 5.02 Å². The molecule has 0 saturated carbocycles. The third kappa shape index (κ3) is 5.23. The van der Waals surface area contributed by atoms with Crippen molar-refractivity contribution in [2.75, 3.05) is 11.9 Å². The van der Waals surface area contributed by atoms with Crippen molar-refractivity contribution in [1.29, 1.82) is 0 Å². The Labute approximate surface area is 116 Å². The average molecular weight is 285 g/mol. The summed E-state index contributed by atoms with van der Waals surface area (Å²) in [5.41, 5.74) is 5.64. The zero-order chi connectivity index (χ0) is 14.4. The number of nitrogens with one attached hydrogen (secondary N) is 2. The number of halogens is 1. The molecule has 6 nitrogen and oxygen atoms in total. The number of amides is 2. The number of carbonyl (C=O) groups excluding carboxylic acids is 2. The van der Waals surface area contributed by atoms with E-state index in [0.29, 0.717) is 10.8 Å². The number of anilines is 1. The van der Waals surface area contributed by atoms with E-state index < -0.39 is 6.04 Å². The molecular formula is C12H17ClN4O2. The molecular weight excluding hydrogens is 268 g/mol. The Morgan fingerprint density at radius 1 is 1.42 bits per heavy atom. The van der Waals surface area contributed by atoms with Gasteiger partial charge in [0.1, 0.15) is 5.82 Å². The minimum absolute atomic E-state index is 0.0148. The molecule has 1 heterocycles. The minimum Gasteiger partial charge on any atom is -0.346 e. The first-order chi connectivity index (χ1) is 8.90. The molecule has 0 aromatic carbocycles. The molecule has 0 aliphatic rings. The number of rotatable bonds is 5. The molecule has 104 valence electrons. The lowest BCUT2D eigenvalue weighted by Gasteiger charge is -2.15. The highest BCUT2D eigenvalue weighted by Gasteiger charge is 2.17. The summed E-state index contributed by atoms with van der Waals surface area (Å²) < 4.78 is 0. The van der Waals surface area contributed by atoms with E-state index in [1.807, 2.05) is 13.8 Å². The second-order valence-electron chi connectivity index (χ2n) is 4.40. The van der Waals surface area contributed by atoms with Gasteiger partial charge < -0.3 is 16.4 Å². The van der Waals surface area contributed by atoms with Crippen LogP contribution in [0.4, 0.5) is 5.82 Å². The van der Waals surface area contributed by atoms with Gasteiger partial charge in [-0.05, 0) is 18.1 Å². The number of aromatic nitrogens is 1. The molecule has 1 rings (SSSR count). The molecule has 4 N–H and O–H groups in total. The van der Waals surface area contributed by atoms with Crippen molar-refractivity contribution >= 4 is 29.2 Å². The highest BCUT2D eigenvalue weighted by Crippen LogP contribution is 2.09. The lowest BCUT2D eigenvalue weighted by molar-refractivity contribution is -0.125. The monoisotopic (exact) mass is 284 g/mol. The van der Waals surface area contributed by atoms with Crippen LogP contribution < -0.4 is 16.4 Å². The molecule has 1 aromatic rings. The fourth-order valence-electron chi connectivity index (χ4n) is 1.22. The van der Waals surface area contributed by atoms with Gasteiger partial charge in [0.25, 0.3) is 0 Å². The van der Waals surface area contributed by atoms with Crippen LogP contribution in [0.25, 0.3) is 0 Å². The van der Waals surface area contributed by atoms with Gasteiger partial charge in [-0.2, -0.15) is 0 Å². The maximum Gasteiger partial charge on any atom is 0.244 e. The van der Waals surface area contributed by atoms with Gasteiger partial charge in [0.15, 0.2) is 0 Å². The summed E-state index contributed by atoms with van der Waals surface area (Å²) >= 11 is 5.67. The number of nitrogens with two attached hydrogens (primary N) is 1. The van der Waals surface area contributed by atoms with Crippen LogP contribution in [0.1, 0.15) is 13.8 Å². The highest BCUT2D eigenvalue weighted by molar-refractivity contribution is 6.30. The molecule has 2 amide bonds. The fourth-order valence-corrected chi connectivity index (χ4v) is 1.34. The van der Waals surface area contributed by atoms with Crippen molar-refractivity contribution in [3.05, 3.63) is 23.4 Å². The van der Waals surface area contributed by atoms with E-state index in [4.69, 9.17) is 17.3 Å². The average Bonchev–Trinajstić information content (AvgIpc) is 2.37. The highest BCUT2D eigenvalue weighted by atomic mass is 35.5. The van der Waals surface area contributed by atoms with Gasteiger partial charge in [-0.3, -0.25) is 9.59 Å². The lowest BCUT2D eigenvalue weighted by Crippen LogP contribution is -2.46. The van der Waals surface area contributed by atoms with Crippen molar-refractivity contribution in [2.24, 2.45) is 11.7 Å². The predicted molar refractivity (Wildman–Crippen MR) is 73.7 cm³/mol. The summed E-state index contributed by atoms with van der Waals surface area (Å²) in [7, 11) is 0. The van der Waals surface area contributed by atoms with E-state index in [2.05, 4.69) is 15.6 Å². The van der Waals surface area contributed by atoms with E-state index in [9.17, 15) is 9.59 Å². The zero-order valence-corrected chi connectivity index (χ0v) is 11.6. The third-order valence-corrected chi connectivity index (χ3v) is 2.66. The second-order valence-corrected chi connectivity index (χ2v) is 4.83. The van der Waals surface area contributed by atoms with Crippen molar-refractivity contribution in [2.45, 2.75) is 19.9 Å². The second kappa shape index (κ2) is 7.06. The summed E-state index contributed by atoms with van der Waals surface area (Å²) in [5, 5.41) is 5.47. The van der Waals surface area contributed by atoms with E-state index in [-0.39, 0.29) is 24.3 Å². The molecule has 0 unspecified atom stereocenters. The van der Waals surface area contributed by atoms with Crippen LogP contribution in [-0.4, -0.2) is 29.4 Å². The van der Waals surface area contributed by atoms with Crippen molar-refractivity contribution in [3.63, 3.8) is 0 Å². The Morgan fingerprint density at radius 3 is 2.63 bits per heavy atom. The number of hydrogen-bond acceptors (Lipinski definition) is 4. The summed E-state index contributed by atoms with van der Waals surface area (Å²) in [5.74, 6) is -0.342.